The Kier molecular flexibility index (Phi) is 7.89. The molecule has 0 aliphatic rings. The number of halogens is 2. The number of fused-ring (bicyclic) bond motifs is 1. The summed E-state index contributed by atoms with van der Waals surface area (Å²) >= 11 is 12.4. The zero-order chi connectivity index (χ0) is 27.6. The molecule has 4 aromatic carbocycles. The maximum atomic E-state index is 13.3. The number of benzene rings is 4. The highest BCUT2D eigenvalue weighted by Crippen LogP contribution is 2.41. The van der Waals surface area contributed by atoms with Gasteiger partial charge in [0.2, 0.25) is 0 Å². The van der Waals surface area contributed by atoms with E-state index in [2.05, 4.69) is 15.5 Å². The van der Waals surface area contributed by atoms with Gasteiger partial charge in [-0.3, -0.25) is 9.35 Å². The predicted molar refractivity (Wildman–Crippen MR) is 146 cm³/mol. The van der Waals surface area contributed by atoms with E-state index in [1.165, 1.54) is 19.1 Å². The number of phenols is 1. The van der Waals surface area contributed by atoms with E-state index in [0.29, 0.717) is 23.1 Å². The lowest BCUT2D eigenvalue weighted by molar-refractivity contribution is 0.102. The van der Waals surface area contributed by atoms with Crippen LogP contribution < -0.4 is 10.1 Å². The van der Waals surface area contributed by atoms with Gasteiger partial charge in [0.05, 0.1) is 22.9 Å². The van der Waals surface area contributed by atoms with Crippen molar-refractivity contribution >= 4 is 67.1 Å². The van der Waals surface area contributed by atoms with Crippen molar-refractivity contribution in [3.05, 3.63) is 81.8 Å². The predicted octanol–water partition coefficient (Wildman–Crippen LogP) is 7.47. The van der Waals surface area contributed by atoms with Gasteiger partial charge in [0.25, 0.3) is 16.0 Å². The van der Waals surface area contributed by atoms with E-state index in [-0.39, 0.29) is 38.2 Å². The Morgan fingerprint density at radius 3 is 2.47 bits per heavy atom. The van der Waals surface area contributed by atoms with E-state index in [0.717, 1.165) is 6.07 Å². The molecule has 0 aromatic heterocycles. The highest BCUT2D eigenvalue weighted by molar-refractivity contribution is 7.85. The van der Waals surface area contributed by atoms with Crippen molar-refractivity contribution in [2.45, 2.75) is 18.7 Å². The fraction of sp³-hybridized carbons (Fsp3) is 0.115. The number of hydrogen-bond acceptors (Lipinski definition) is 7. The SMILES string of the molecule is CCOc1cccc(Cl)c1NC(=O)c1cc2ccccc2c(N=Nc2cc(Cl)c(C)c(S(=O)(=O)O)c2)c1O. The lowest BCUT2D eigenvalue weighted by Gasteiger charge is -2.15. The molecular formula is C26H21Cl2N3O6S. The first kappa shape index (κ1) is 27.3. The molecule has 12 heteroatoms. The molecule has 1 amide bonds. The van der Waals surface area contributed by atoms with Gasteiger partial charge in [-0.2, -0.15) is 13.5 Å². The first-order valence-electron chi connectivity index (χ1n) is 11.2. The summed E-state index contributed by atoms with van der Waals surface area (Å²) < 4.78 is 38.6. The molecule has 0 aliphatic carbocycles. The Morgan fingerprint density at radius 1 is 1.03 bits per heavy atom. The zero-order valence-corrected chi connectivity index (χ0v) is 22.4. The molecule has 0 aliphatic heterocycles. The van der Waals surface area contributed by atoms with Gasteiger partial charge in [0, 0.05) is 10.4 Å². The van der Waals surface area contributed by atoms with Crippen LogP contribution in [0.4, 0.5) is 17.1 Å². The fourth-order valence-electron chi connectivity index (χ4n) is 3.75. The normalized spacial score (nSPS) is 11.7. The summed E-state index contributed by atoms with van der Waals surface area (Å²) in [4.78, 5) is 12.9. The Bertz CT molecular complexity index is 1710. The average molecular weight is 574 g/mol. The van der Waals surface area contributed by atoms with Gasteiger partial charge in [-0.25, -0.2) is 0 Å². The second kappa shape index (κ2) is 11.0. The number of nitrogens with zero attached hydrogens (tertiary/aromatic N) is 2. The number of amides is 1. The average Bonchev–Trinajstić information content (AvgIpc) is 2.86. The molecule has 4 aromatic rings. The first-order chi connectivity index (χ1) is 18.0. The summed E-state index contributed by atoms with van der Waals surface area (Å²) in [6, 6.07) is 15.8. The molecule has 0 saturated carbocycles. The van der Waals surface area contributed by atoms with Crippen LogP contribution in [0.3, 0.4) is 0 Å². The van der Waals surface area contributed by atoms with Crippen LogP contribution in [0.2, 0.25) is 10.0 Å². The smallest absolute Gasteiger partial charge is 0.294 e. The van der Waals surface area contributed by atoms with Crippen LogP contribution in [0.25, 0.3) is 10.8 Å². The maximum absolute atomic E-state index is 13.3. The molecule has 0 unspecified atom stereocenters. The van der Waals surface area contributed by atoms with Crippen molar-refractivity contribution in [3.8, 4) is 11.5 Å². The second-order valence-electron chi connectivity index (χ2n) is 8.07. The Balaban J connectivity index is 1.81. The van der Waals surface area contributed by atoms with Crippen molar-refractivity contribution in [2.75, 3.05) is 11.9 Å². The van der Waals surface area contributed by atoms with E-state index >= 15 is 0 Å². The molecule has 0 heterocycles. The Labute approximate surface area is 228 Å². The van der Waals surface area contributed by atoms with Gasteiger partial charge in [-0.05, 0) is 55.1 Å². The number of anilines is 1. The molecule has 0 spiro atoms. The fourth-order valence-corrected chi connectivity index (χ4v) is 5.00. The molecule has 0 radical (unpaired) electrons. The van der Waals surface area contributed by atoms with Crippen LogP contribution in [0.1, 0.15) is 22.8 Å². The number of phenolic OH excluding ortho intramolecular Hbond substituents is 1. The molecule has 196 valence electrons. The Morgan fingerprint density at radius 2 is 1.76 bits per heavy atom. The summed E-state index contributed by atoms with van der Waals surface area (Å²) in [6.45, 7) is 3.57. The van der Waals surface area contributed by atoms with Crippen LogP contribution in [-0.2, 0) is 10.1 Å². The zero-order valence-electron chi connectivity index (χ0n) is 20.1. The molecular weight excluding hydrogens is 553 g/mol. The molecule has 4 rings (SSSR count). The van der Waals surface area contributed by atoms with Crippen molar-refractivity contribution in [1.29, 1.82) is 0 Å². The molecule has 0 bridgehead atoms. The summed E-state index contributed by atoms with van der Waals surface area (Å²) in [5, 5.41) is 23.3. The minimum Gasteiger partial charge on any atom is -0.505 e. The Hall–Kier alpha value is -3.70. The summed E-state index contributed by atoms with van der Waals surface area (Å²) in [6.07, 6.45) is 0. The lowest BCUT2D eigenvalue weighted by atomic mass is 10.0. The van der Waals surface area contributed by atoms with Gasteiger partial charge >= 0.3 is 0 Å². The lowest BCUT2D eigenvalue weighted by Crippen LogP contribution is -2.14. The molecule has 3 N–H and O–H groups in total. The molecule has 0 atom stereocenters. The van der Waals surface area contributed by atoms with E-state index in [1.54, 1.807) is 49.4 Å². The third kappa shape index (κ3) is 5.58. The third-order valence-electron chi connectivity index (χ3n) is 5.58. The van der Waals surface area contributed by atoms with Crippen LogP contribution in [-0.4, -0.2) is 30.6 Å². The van der Waals surface area contributed by atoms with E-state index < -0.39 is 26.7 Å². The minimum atomic E-state index is -4.57. The van der Waals surface area contributed by atoms with E-state index in [4.69, 9.17) is 27.9 Å². The number of hydrogen-bond donors (Lipinski definition) is 3. The van der Waals surface area contributed by atoms with Crippen molar-refractivity contribution < 1.29 is 27.6 Å². The van der Waals surface area contributed by atoms with Crippen LogP contribution in [0, 0.1) is 6.92 Å². The maximum Gasteiger partial charge on any atom is 0.294 e. The number of carbonyl (C=O) groups is 1. The summed E-state index contributed by atoms with van der Waals surface area (Å²) in [7, 11) is -4.57. The standard InChI is InChI=1S/C26H21Cl2N3O6S/c1-3-37-21-10-6-9-19(27)24(21)29-26(33)18-11-15-7-4-5-8-17(15)23(25(18)32)31-30-16-12-20(28)14(2)22(13-16)38(34,35)36/h4-13,32H,3H2,1-2H3,(H,29,33)(H,34,35,36). The minimum absolute atomic E-state index is 0.00369. The number of rotatable bonds is 7. The van der Waals surface area contributed by atoms with Gasteiger partial charge in [-0.15, -0.1) is 5.11 Å². The van der Waals surface area contributed by atoms with Crippen molar-refractivity contribution in [3.63, 3.8) is 0 Å². The number of aromatic hydroxyl groups is 1. The number of ether oxygens (including phenoxy) is 1. The van der Waals surface area contributed by atoms with Crippen LogP contribution in [0.15, 0.2) is 75.8 Å². The summed E-state index contributed by atoms with van der Waals surface area (Å²) in [5.41, 5.74) is 0.238. The highest BCUT2D eigenvalue weighted by atomic mass is 35.5. The highest BCUT2D eigenvalue weighted by Gasteiger charge is 2.21. The monoisotopic (exact) mass is 573 g/mol. The van der Waals surface area contributed by atoms with Gasteiger partial charge in [-0.1, -0.05) is 53.5 Å². The van der Waals surface area contributed by atoms with Crippen molar-refractivity contribution in [2.24, 2.45) is 10.2 Å². The quantitative estimate of drug-likeness (QED) is 0.155. The largest absolute Gasteiger partial charge is 0.505 e. The van der Waals surface area contributed by atoms with Crippen molar-refractivity contribution in [1.82, 2.24) is 0 Å². The first-order valence-corrected chi connectivity index (χ1v) is 13.4. The molecule has 0 saturated heterocycles. The number of azo groups is 1. The van der Waals surface area contributed by atoms with E-state index in [9.17, 15) is 22.9 Å². The van der Waals surface area contributed by atoms with Crippen LogP contribution in [0.5, 0.6) is 11.5 Å². The molecule has 0 fully saturated rings. The summed E-state index contributed by atoms with van der Waals surface area (Å²) in [5.74, 6) is -0.784. The number of nitrogens with one attached hydrogen (secondary N) is 1. The van der Waals surface area contributed by atoms with E-state index in [1.807, 2.05) is 0 Å². The molecule has 38 heavy (non-hydrogen) atoms. The third-order valence-corrected chi connectivity index (χ3v) is 7.27. The van der Waals surface area contributed by atoms with Crippen LogP contribution >= 0.6 is 23.2 Å². The number of para-hydroxylation sites is 1. The van der Waals surface area contributed by atoms with Gasteiger partial charge < -0.3 is 15.2 Å². The number of carbonyl (C=O) groups excluding carboxylic acids is 1. The molecule has 9 nitrogen and oxygen atoms in total. The second-order valence-corrected chi connectivity index (χ2v) is 10.3. The van der Waals surface area contributed by atoms with Gasteiger partial charge in [0.1, 0.15) is 22.0 Å². The van der Waals surface area contributed by atoms with Gasteiger partial charge in [0.15, 0.2) is 5.75 Å². The topological polar surface area (TPSA) is 138 Å².